The topological polar surface area (TPSA) is 52.5 Å². The van der Waals surface area contributed by atoms with E-state index in [0.29, 0.717) is 6.54 Å². The maximum atomic E-state index is 12.7. The average molecular weight is 241 g/mol. The largest absolute Gasteiger partial charge is 0.396 e. The molecule has 0 heterocycles. The third-order valence-electron chi connectivity index (χ3n) is 2.97. The fourth-order valence-corrected chi connectivity index (χ4v) is 1.43. The van der Waals surface area contributed by atoms with Gasteiger partial charge >= 0.3 is 0 Å². The number of halogens is 1. The molecule has 0 aliphatic carbocycles. The molecule has 4 heteroatoms. The van der Waals surface area contributed by atoms with Crippen LogP contribution in [0.25, 0.3) is 0 Å². The molecule has 0 saturated carbocycles. The first-order chi connectivity index (χ1) is 8.00. The zero-order chi connectivity index (χ0) is 12.9. The summed E-state index contributed by atoms with van der Waals surface area (Å²) in [5.74, 6) is -0.253. The quantitative estimate of drug-likeness (QED) is 0.707. The van der Waals surface area contributed by atoms with Crippen molar-refractivity contribution in [1.29, 1.82) is 0 Å². The van der Waals surface area contributed by atoms with E-state index >= 15 is 0 Å². The summed E-state index contributed by atoms with van der Waals surface area (Å²) in [7, 11) is 0. The van der Waals surface area contributed by atoms with Crippen LogP contribution in [0.2, 0.25) is 0 Å². The van der Waals surface area contributed by atoms with E-state index in [1.165, 1.54) is 12.1 Å². The summed E-state index contributed by atoms with van der Waals surface area (Å²) < 4.78 is 12.7. The highest BCUT2D eigenvalue weighted by Gasteiger charge is 2.22. The van der Waals surface area contributed by atoms with Crippen LogP contribution in [-0.4, -0.2) is 30.0 Å². The molecule has 0 amide bonds. The van der Waals surface area contributed by atoms with Gasteiger partial charge in [-0.15, -0.1) is 0 Å². The van der Waals surface area contributed by atoms with Crippen LogP contribution in [0.5, 0.6) is 0 Å². The summed E-state index contributed by atoms with van der Waals surface area (Å²) in [6.45, 7) is 4.11. The standard InChI is InChI=1S/C13H20FNO2/c1-10(11-3-5-12(14)6-4-11)15-7-13(2,8-16)9-17/h3-6,10,15-17H,7-9H2,1-2H3/t10-/m1/s1. The summed E-state index contributed by atoms with van der Waals surface area (Å²) in [5.41, 5.74) is 0.443. The van der Waals surface area contributed by atoms with Crippen LogP contribution in [0.4, 0.5) is 4.39 Å². The first kappa shape index (κ1) is 14.1. The Bertz CT molecular complexity index is 336. The van der Waals surface area contributed by atoms with Crippen molar-refractivity contribution in [3.05, 3.63) is 35.6 Å². The van der Waals surface area contributed by atoms with Crippen LogP contribution in [0.15, 0.2) is 24.3 Å². The lowest BCUT2D eigenvalue weighted by Gasteiger charge is -2.27. The molecule has 1 atom stereocenters. The van der Waals surface area contributed by atoms with Crippen LogP contribution in [-0.2, 0) is 0 Å². The highest BCUT2D eigenvalue weighted by molar-refractivity contribution is 5.19. The minimum absolute atomic E-state index is 0.0491. The van der Waals surface area contributed by atoms with E-state index in [1.54, 1.807) is 19.1 Å². The van der Waals surface area contributed by atoms with E-state index < -0.39 is 5.41 Å². The van der Waals surface area contributed by atoms with Gasteiger partial charge in [0.25, 0.3) is 0 Å². The second-order valence-corrected chi connectivity index (χ2v) is 4.78. The van der Waals surface area contributed by atoms with Gasteiger partial charge in [0.1, 0.15) is 5.82 Å². The molecule has 0 aliphatic rings. The molecule has 1 aromatic carbocycles. The minimum atomic E-state index is -0.533. The lowest BCUT2D eigenvalue weighted by molar-refractivity contribution is 0.0677. The van der Waals surface area contributed by atoms with Gasteiger partial charge in [0, 0.05) is 18.0 Å². The van der Waals surface area contributed by atoms with E-state index in [0.717, 1.165) is 5.56 Å². The predicted molar refractivity (Wildman–Crippen MR) is 65.1 cm³/mol. The van der Waals surface area contributed by atoms with Gasteiger partial charge in [-0.05, 0) is 24.6 Å². The molecule has 1 aromatic rings. The maximum absolute atomic E-state index is 12.7. The van der Waals surface area contributed by atoms with E-state index in [9.17, 15) is 4.39 Å². The van der Waals surface area contributed by atoms with Crippen LogP contribution < -0.4 is 5.32 Å². The first-order valence-corrected chi connectivity index (χ1v) is 5.71. The molecular formula is C13H20FNO2. The average Bonchev–Trinajstić information content (AvgIpc) is 2.36. The van der Waals surface area contributed by atoms with Crippen LogP contribution >= 0.6 is 0 Å². The Balaban J connectivity index is 2.55. The van der Waals surface area contributed by atoms with Crippen molar-refractivity contribution in [3.63, 3.8) is 0 Å². The Labute approximate surface area is 101 Å². The molecule has 0 aromatic heterocycles. The maximum Gasteiger partial charge on any atom is 0.123 e. The van der Waals surface area contributed by atoms with Gasteiger partial charge in [-0.25, -0.2) is 4.39 Å². The number of aliphatic hydroxyl groups excluding tert-OH is 2. The molecule has 3 nitrogen and oxygen atoms in total. The second-order valence-electron chi connectivity index (χ2n) is 4.78. The minimum Gasteiger partial charge on any atom is -0.396 e. The van der Waals surface area contributed by atoms with Gasteiger partial charge in [0.2, 0.25) is 0 Å². The first-order valence-electron chi connectivity index (χ1n) is 5.71. The summed E-state index contributed by atoms with van der Waals surface area (Å²) in [4.78, 5) is 0. The molecule has 17 heavy (non-hydrogen) atoms. The van der Waals surface area contributed by atoms with E-state index in [-0.39, 0.29) is 25.1 Å². The predicted octanol–water partition coefficient (Wildman–Crippen LogP) is 1.47. The van der Waals surface area contributed by atoms with Crippen LogP contribution in [0, 0.1) is 11.2 Å². The van der Waals surface area contributed by atoms with E-state index in [4.69, 9.17) is 10.2 Å². The molecule has 0 unspecified atom stereocenters. The van der Waals surface area contributed by atoms with Crippen molar-refractivity contribution in [3.8, 4) is 0 Å². The summed E-state index contributed by atoms with van der Waals surface area (Å²) in [6.07, 6.45) is 0. The van der Waals surface area contributed by atoms with Gasteiger partial charge in [-0.3, -0.25) is 0 Å². The van der Waals surface area contributed by atoms with Gasteiger partial charge in [0.15, 0.2) is 0 Å². The zero-order valence-corrected chi connectivity index (χ0v) is 10.3. The Kier molecular flexibility index (Phi) is 5.05. The molecular weight excluding hydrogens is 221 g/mol. The lowest BCUT2D eigenvalue weighted by atomic mass is 9.92. The third kappa shape index (κ3) is 4.07. The van der Waals surface area contributed by atoms with Gasteiger partial charge in [-0.2, -0.15) is 0 Å². The number of hydrogen-bond acceptors (Lipinski definition) is 3. The third-order valence-corrected chi connectivity index (χ3v) is 2.97. The van der Waals surface area contributed by atoms with Gasteiger partial charge in [-0.1, -0.05) is 19.1 Å². The Morgan fingerprint density at radius 3 is 2.24 bits per heavy atom. The van der Waals surface area contributed by atoms with Crippen molar-refractivity contribution in [1.82, 2.24) is 5.32 Å². The van der Waals surface area contributed by atoms with Crippen molar-refractivity contribution in [2.24, 2.45) is 5.41 Å². The van der Waals surface area contributed by atoms with E-state index in [1.807, 2.05) is 6.92 Å². The van der Waals surface area contributed by atoms with Crippen LogP contribution in [0.1, 0.15) is 25.5 Å². The lowest BCUT2D eigenvalue weighted by Crippen LogP contribution is -2.38. The number of hydrogen-bond donors (Lipinski definition) is 3. The summed E-state index contributed by atoms with van der Waals surface area (Å²) in [5, 5.41) is 21.5. The van der Waals surface area contributed by atoms with Crippen molar-refractivity contribution in [2.45, 2.75) is 19.9 Å². The molecule has 0 fully saturated rings. The number of aliphatic hydroxyl groups is 2. The van der Waals surface area contributed by atoms with Crippen LogP contribution in [0.3, 0.4) is 0 Å². The SMILES string of the molecule is C[C@@H](NCC(C)(CO)CO)c1ccc(F)cc1. The molecule has 3 N–H and O–H groups in total. The highest BCUT2D eigenvalue weighted by atomic mass is 19.1. The summed E-state index contributed by atoms with van der Waals surface area (Å²) in [6, 6.07) is 6.34. The second kappa shape index (κ2) is 6.10. The van der Waals surface area contributed by atoms with Gasteiger partial charge < -0.3 is 15.5 Å². The fraction of sp³-hybridized carbons (Fsp3) is 0.538. The zero-order valence-electron chi connectivity index (χ0n) is 10.3. The monoisotopic (exact) mass is 241 g/mol. The Morgan fingerprint density at radius 1 is 1.24 bits per heavy atom. The molecule has 0 bridgehead atoms. The number of benzene rings is 1. The normalized spacial score (nSPS) is 13.7. The summed E-state index contributed by atoms with van der Waals surface area (Å²) >= 11 is 0. The van der Waals surface area contributed by atoms with Crippen molar-refractivity contribution in [2.75, 3.05) is 19.8 Å². The van der Waals surface area contributed by atoms with Gasteiger partial charge in [0.05, 0.1) is 13.2 Å². The number of nitrogens with one attached hydrogen (secondary N) is 1. The molecule has 96 valence electrons. The molecule has 0 saturated heterocycles. The number of rotatable bonds is 6. The molecule has 0 aliphatic heterocycles. The Hall–Kier alpha value is -0.970. The molecule has 0 radical (unpaired) electrons. The highest BCUT2D eigenvalue weighted by Crippen LogP contribution is 2.17. The Morgan fingerprint density at radius 2 is 1.76 bits per heavy atom. The molecule has 0 spiro atoms. The fourth-order valence-electron chi connectivity index (χ4n) is 1.43. The van der Waals surface area contributed by atoms with E-state index in [2.05, 4.69) is 5.32 Å². The van der Waals surface area contributed by atoms with Crippen molar-refractivity contribution < 1.29 is 14.6 Å². The van der Waals surface area contributed by atoms with Crippen molar-refractivity contribution >= 4 is 0 Å². The molecule has 1 rings (SSSR count). The smallest absolute Gasteiger partial charge is 0.123 e.